The van der Waals surface area contributed by atoms with E-state index in [1.165, 1.54) is 0 Å². The van der Waals surface area contributed by atoms with Crippen molar-refractivity contribution >= 4 is 41.7 Å². The monoisotopic (exact) mass is 696 g/mol. The standard InChI is InChI=1S/C31H52N8O10/c1-16(2)7-8-21-30(4,49-21)25-17(3)20(9-10-31(25)15-47-31)48-29(46)37-14-23(41)38-18(6-5-11-35-28(33)34)27(45)36-13-22(40)39-19(26(32)44)12-24(42)43/h16-21,25H,5-15H2,1-4H3,(H2,32,44)(H,36,45)(H,37,46)(H,38,41)(H,39,40)(H,42,43)(H4,33,34,35). The number of nitrogens with one attached hydrogen (secondary N) is 4. The molecule has 3 rings (SSSR count). The van der Waals surface area contributed by atoms with Crippen molar-refractivity contribution in [3.63, 3.8) is 0 Å². The number of aliphatic imine (C=N–C) groups is 1. The lowest BCUT2D eigenvalue weighted by Gasteiger charge is -2.42. The fourth-order valence-corrected chi connectivity index (χ4v) is 6.78. The third-order valence-electron chi connectivity index (χ3n) is 9.38. The molecule has 5 amide bonds. The van der Waals surface area contributed by atoms with Crippen LogP contribution in [0.4, 0.5) is 4.79 Å². The van der Waals surface area contributed by atoms with Gasteiger partial charge in [-0.25, -0.2) is 4.79 Å². The Morgan fingerprint density at radius 3 is 2.20 bits per heavy atom. The van der Waals surface area contributed by atoms with E-state index in [1.807, 2.05) is 6.92 Å². The summed E-state index contributed by atoms with van der Waals surface area (Å²) in [5.41, 5.74) is 15.2. The lowest BCUT2D eigenvalue weighted by Crippen LogP contribution is -2.53. The van der Waals surface area contributed by atoms with Gasteiger partial charge >= 0.3 is 12.1 Å². The third-order valence-corrected chi connectivity index (χ3v) is 9.38. The second-order valence-corrected chi connectivity index (χ2v) is 13.7. The van der Waals surface area contributed by atoms with Crippen LogP contribution in [-0.2, 0) is 38.2 Å². The third kappa shape index (κ3) is 11.4. The van der Waals surface area contributed by atoms with Crippen LogP contribution in [0.2, 0.25) is 0 Å². The van der Waals surface area contributed by atoms with E-state index in [1.54, 1.807) is 0 Å². The molecular weight excluding hydrogens is 644 g/mol. The van der Waals surface area contributed by atoms with Crippen molar-refractivity contribution in [1.29, 1.82) is 0 Å². The highest BCUT2D eigenvalue weighted by Gasteiger charge is 2.71. The fraction of sp³-hybridized carbons (Fsp3) is 0.774. The summed E-state index contributed by atoms with van der Waals surface area (Å²) in [6.45, 7) is 8.18. The molecule has 0 radical (unpaired) electrons. The molecule has 8 atom stereocenters. The van der Waals surface area contributed by atoms with E-state index in [4.69, 9.17) is 36.5 Å². The van der Waals surface area contributed by atoms with Crippen LogP contribution in [0.25, 0.3) is 0 Å². The van der Waals surface area contributed by atoms with Gasteiger partial charge in [-0.15, -0.1) is 0 Å². The first-order chi connectivity index (χ1) is 23.0. The molecule has 49 heavy (non-hydrogen) atoms. The molecule has 0 bridgehead atoms. The number of carbonyl (C=O) groups is 6. The molecule has 2 saturated heterocycles. The first kappa shape index (κ1) is 39.3. The van der Waals surface area contributed by atoms with Gasteiger partial charge in [0.1, 0.15) is 24.7 Å². The van der Waals surface area contributed by atoms with Gasteiger partial charge in [0.05, 0.1) is 36.9 Å². The van der Waals surface area contributed by atoms with Crippen molar-refractivity contribution in [3.05, 3.63) is 0 Å². The number of carbonyl (C=O) groups excluding carboxylic acids is 5. The molecule has 0 aromatic heterocycles. The highest BCUT2D eigenvalue weighted by molar-refractivity contribution is 5.93. The van der Waals surface area contributed by atoms with E-state index >= 15 is 0 Å². The number of rotatable bonds is 19. The Kier molecular flexibility index (Phi) is 13.6. The normalized spacial score (nSPS) is 28.0. The van der Waals surface area contributed by atoms with Gasteiger partial charge in [-0.1, -0.05) is 20.8 Å². The van der Waals surface area contributed by atoms with Crippen molar-refractivity contribution in [2.75, 3.05) is 26.2 Å². The number of carboxylic acid groups (broad SMARTS) is 1. The minimum atomic E-state index is -1.48. The zero-order valence-corrected chi connectivity index (χ0v) is 28.6. The Hall–Kier alpha value is -4.19. The number of ether oxygens (including phenoxy) is 3. The van der Waals surface area contributed by atoms with Crippen LogP contribution >= 0.6 is 0 Å². The van der Waals surface area contributed by atoms with Gasteiger partial charge in [0.15, 0.2) is 5.96 Å². The predicted octanol–water partition coefficient (Wildman–Crippen LogP) is -1.41. The molecule has 1 spiro atoms. The predicted molar refractivity (Wildman–Crippen MR) is 174 cm³/mol. The van der Waals surface area contributed by atoms with Crippen LogP contribution in [-0.4, -0.2) is 108 Å². The minimum absolute atomic E-state index is 0.0474. The lowest BCUT2D eigenvalue weighted by atomic mass is 9.64. The topological polar surface area (TPSA) is 295 Å². The number of hydrogen-bond acceptors (Lipinski definition) is 10. The molecule has 3 fully saturated rings. The Labute approximate surface area is 285 Å². The number of hydrogen-bond donors (Lipinski definition) is 8. The lowest BCUT2D eigenvalue weighted by molar-refractivity contribution is -0.140. The van der Waals surface area contributed by atoms with E-state index in [0.717, 1.165) is 19.3 Å². The molecule has 276 valence electrons. The Balaban J connectivity index is 1.52. The van der Waals surface area contributed by atoms with Gasteiger partial charge in [-0.2, -0.15) is 0 Å². The second-order valence-electron chi connectivity index (χ2n) is 13.7. The van der Waals surface area contributed by atoms with Crippen LogP contribution in [0.15, 0.2) is 4.99 Å². The molecule has 18 heteroatoms. The van der Waals surface area contributed by atoms with E-state index in [2.05, 4.69) is 47.0 Å². The van der Waals surface area contributed by atoms with E-state index < -0.39 is 73.4 Å². The highest BCUT2D eigenvalue weighted by atomic mass is 16.6. The smallest absolute Gasteiger partial charge is 0.407 e. The summed E-state index contributed by atoms with van der Waals surface area (Å²) in [5, 5.41) is 18.3. The summed E-state index contributed by atoms with van der Waals surface area (Å²) in [6.07, 6.45) is 1.86. The molecule has 1 aliphatic carbocycles. The van der Waals surface area contributed by atoms with Crippen LogP contribution in [0.1, 0.15) is 72.6 Å². The molecule has 3 aliphatic rings. The molecular formula is C31H52N8O10. The Morgan fingerprint density at radius 2 is 1.63 bits per heavy atom. The SMILES string of the molecule is CC(C)CCC1OC1(C)C1C(C)C(OC(=O)NCC(=O)NC(CCCN=C(N)N)C(=O)NCC(=O)NC(CC(=O)O)C(N)=O)CCC12CO2. The molecule has 0 aromatic rings. The van der Waals surface area contributed by atoms with Gasteiger partial charge in [0.2, 0.25) is 23.6 Å². The number of alkyl carbamates (subject to hydrolysis) is 1. The van der Waals surface area contributed by atoms with Crippen molar-refractivity contribution in [2.45, 2.75) is 108 Å². The number of amides is 5. The van der Waals surface area contributed by atoms with Crippen LogP contribution in [0.5, 0.6) is 0 Å². The van der Waals surface area contributed by atoms with Gasteiger partial charge < -0.3 is 57.8 Å². The van der Waals surface area contributed by atoms with Crippen molar-refractivity contribution in [3.8, 4) is 0 Å². The molecule has 2 aliphatic heterocycles. The number of epoxide rings is 2. The average Bonchev–Trinajstić information content (AvgIpc) is 3.92. The molecule has 8 unspecified atom stereocenters. The minimum Gasteiger partial charge on any atom is -0.481 e. The molecule has 1 saturated carbocycles. The summed E-state index contributed by atoms with van der Waals surface area (Å²) in [4.78, 5) is 77.0. The van der Waals surface area contributed by atoms with E-state index in [9.17, 15) is 28.8 Å². The number of guanidine groups is 1. The maximum absolute atomic E-state index is 12.9. The summed E-state index contributed by atoms with van der Waals surface area (Å²) >= 11 is 0. The first-order valence-corrected chi connectivity index (χ1v) is 16.7. The second kappa shape index (κ2) is 17.0. The summed E-state index contributed by atoms with van der Waals surface area (Å²) in [6, 6.07) is -2.64. The maximum atomic E-state index is 12.9. The van der Waals surface area contributed by atoms with Crippen LogP contribution in [0, 0.1) is 17.8 Å². The largest absolute Gasteiger partial charge is 0.481 e. The number of aliphatic carboxylic acids is 1. The van der Waals surface area contributed by atoms with E-state index in [-0.39, 0.29) is 54.5 Å². The Bertz CT molecular complexity index is 1270. The number of nitrogens with two attached hydrogens (primary N) is 3. The zero-order chi connectivity index (χ0) is 36.5. The summed E-state index contributed by atoms with van der Waals surface area (Å²) in [7, 11) is 0. The zero-order valence-electron chi connectivity index (χ0n) is 28.6. The Morgan fingerprint density at radius 1 is 1.00 bits per heavy atom. The number of nitrogens with zero attached hydrogens (tertiary/aromatic N) is 1. The van der Waals surface area contributed by atoms with Gasteiger partial charge in [0, 0.05) is 18.4 Å². The fourth-order valence-electron chi connectivity index (χ4n) is 6.78. The number of carboxylic acids is 1. The van der Waals surface area contributed by atoms with Crippen molar-refractivity contribution in [1.82, 2.24) is 21.3 Å². The average molecular weight is 697 g/mol. The highest BCUT2D eigenvalue weighted by Crippen LogP contribution is 2.61. The molecule has 2 heterocycles. The number of primary amides is 1. The summed E-state index contributed by atoms with van der Waals surface area (Å²) < 4.78 is 18.0. The van der Waals surface area contributed by atoms with E-state index in [0.29, 0.717) is 18.9 Å². The van der Waals surface area contributed by atoms with Crippen LogP contribution in [0.3, 0.4) is 0 Å². The maximum Gasteiger partial charge on any atom is 0.407 e. The van der Waals surface area contributed by atoms with Crippen LogP contribution < -0.4 is 38.5 Å². The van der Waals surface area contributed by atoms with Gasteiger partial charge in [-0.05, 0) is 51.4 Å². The molecule has 18 nitrogen and oxygen atoms in total. The van der Waals surface area contributed by atoms with Gasteiger partial charge in [0.25, 0.3) is 0 Å². The first-order valence-electron chi connectivity index (χ1n) is 16.7. The van der Waals surface area contributed by atoms with Crippen molar-refractivity contribution in [2.24, 2.45) is 39.9 Å². The summed E-state index contributed by atoms with van der Waals surface area (Å²) in [5.74, 6) is -4.35. The van der Waals surface area contributed by atoms with Crippen molar-refractivity contribution < 1.29 is 48.1 Å². The van der Waals surface area contributed by atoms with Gasteiger partial charge in [-0.3, -0.25) is 29.0 Å². The molecule has 11 N–H and O–H groups in total. The molecule has 0 aromatic carbocycles. The quantitative estimate of drug-likeness (QED) is 0.0334.